The van der Waals surface area contributed by atoms with E-state index in [0.717, 1.165) is 50.5 Å². The molecule has 3 saturated carbocycles. The van der Waals surface area contributed by atoms with Gasteiger partial charge in [0.1, 0.15) is 6.54 Å². The van der Waals surface area contributed by atoms with Crippen molar-refractivity contribution in [2.24, 2.45) is 61.0 Å². The number of Topliss-reactive ketones (excluding diaryl/α,β-unsaturated/α-hetero) is 2. The van der Waals surface area contributed by atoms with Crippen molar-refractivity contribution in [3.8, 4) is 0 Å². The maximum absolute atomic E-state index is 14.5. The summed E-state index contributed by atoms with van der Waals surface area (Å²) in [4.78, 5) is 49.8. The Bertz CT molecular complexity index is 1320. The molecule has 5 aliphatic rings. The van der Waals surface area contributed by atoms with Gasteiger partial charge >= 0.3 is 0 Å². The van der Waals surface area contributed by atoms with E-state index < -0.39 is 16.2 Å². The Morgan fingerprint density at radius 1 is 1.05 bits per heavy atom. The van der Waals surface area contributed by atoms with Gasteiger partial charge in [-0.25, -0.2) is 4.85 Å². The van der Waals surface area contributed by atoms with Gasteiger partial charge in [-0.2, -0.15) is 0 Å². The Hall–Kier alpha value is -2.55. The zero-order valence-electron chi connectivity index (χ0n) is 25.7. The molecule has 0 heterocycles. The number of hydrogen-bond donors (Lipinski definition) is 1. The number of nitrogens with zero attached hydrogens (tertiary/aromatic N) is 2. The molecule has 3 fully saturated rings. The molecule has 216 valence electrons. The molecule has 0 aromatic rings. The fraction of sp³-hybridized carbons (Fsp3) is 0.735. The first-order valence-electron chi connectivity index (χ1n) is 15.1. The molecular weight excluding hydrogens is 498 g/mol. The molecule has 0 unspecified atom stereocenters. The van der Waals surface area contributed by atoms with Crippen molar-refractivity contribution >= 4 is 23.2 Å². The van der Waals surface area contributed by atoms with Crippen LogP contribution in [0.4, 0.5) is 0 Å². The summed E-state index contributed by atoms with van der Waals surface area (Å²) in [5.74, 6) is 0.341. The van der Waals surface area contributed by atoms with Gasteiger partial charge in [-0.3, -0.25) is 14.6 Å². The highest BCUT2D eigenvalue weighted by Gasteiger charge is 2.70. The maximum Gasteiger partial charge on any atom is 0.226 e. The van der Waals surface area contributed by atoms with Crippen LogP contribution >= 0.6 is 0 Å². The molecule has 7 atom stereocenters. The molecule has 0 saturated heterocycles. The lowest BCUT2D eigenvalue weighted by Gasteiger charge is -2.69. The number of fused-ring (bicyclic) bond motifs is 7. The maximum atomic E-state index is 14.5. The largest absolute Gasteiger partial charge is 0.388 e. The molecule has 0 aliphatic heterocycles. The number of ketones is 3. The van der Waals surface area contributed by atoms with Gasteiger partial charge in [0.05, 0.1) is 12.4 Å². The number of carbonyl (C=O) groups excluding carboxylic acids is 3. The van der Waals surface area contributed by atoms with E-state index in [2.05, 4.69) is 44.5 Å². The summed E-state index contributed by atoms with van der Waals surface area (Å²) in [5.41, 5.74) is 4.81. The molecule has 0 aromatic heterocycles. The number of rotatable bonds is 3. The highest BCUT2D eigenvalue weighted by atomic mass is 16.1. The fourth-order valence-corrected chi connectivity index (χ4v) is 10.4. The molecule has 6 heteroatoms. The van der Waals surface area contributed by atoms with E-state index in [-0.39, 0.29) is 63.6 Å². The summed E-state index contributed by atoms with van der Waals surface area (Å²) in [6, 6.07) is 0. The number of carbonyl (C=O) groups is 3. The number of hydrogen-bond acceptors (Lipinski definition) is 4. The summed E-state index contributed by atoms with van der Waals surface area (Å²) in [6.07, 6.45) is 9.73. The van der Waals surface area contributed by atoms with E-state index in [9.17, 15) is 14.4 Å². The minimum atomic E-state index is -0.671. The number of aliphatic imine (C=N–C) groups is 1. The van der Waals surface area contributed by atoms with Crippen LogP contribution in [0.15, 0.2) is 28.4 Å². The lowest BCUT2D eigenvalue weighted by molar-refractivity contribution is -0.176. The van der Waals surface area contributed by atoms with Crippen LogP contribution in [0.25, 0.3) is 4.85 Å². The first kappa shape index (κ1) is 29.0. The first-order valence-corrected chi connectivity index (χ1v) is 15.1. The van der Waals surface area contributed by atoms with Crippen LogP contribution in [0.5, 0.6) is 0 Å². The zero-order valence-corrected chi connectivity index (χ0v) is 25.7. The highest BCUT2D eigenvalue weighted by Crippen LogP contribution is 2.74. The van der Waals surface area contributed by atoms with Crippen LogP contribution in [0, 0.1) is 56.8 Å². The number of allylic oxidation sites excluding steroid dienone is 4. The van der Waals surface area contributed by atoms with Gasteiger partial charge in [0.25, 0.3) is 0 Å². The summed E-state index contributed by atoms with van der Waals surface area (Å²) < 4.78 is 0. The van der Waals surface area contributed by atoms with Gasteiger partial charge in [-0.1, -0.05) is 60.1 Å². The van der Waals surface area contributed by atoms with Crippen LogP contribution in [-0.2, 0) is 14.4 Å². The third-order valence-corrected chi connectivity index (χ3v) is 12.9. The SMILES string of the molecule is [C-]#[N+]C1=C[C@]2(C)C3=CC(=O)[C@@H]4[C@@H]5CC(C)(C)CC[C@]5(C(=O)CN=C(C)N)CC[C@@]4(C)[C@]3(C)CC[C@H]2C(C)(C)C1=O. The van der Waals surface area contributed by atoms with Crippen molar-refractivity contribution in [1.29, 1.82) is 0 Å². The van der Waals surface area contributed by atoms with E-state index in [0.29, 0.717) is 5.84 Å². The molecule has 5 rings (SSSR count). The predicted octanol–water partition coefficient (Wildman–Crippen LogP) is 6.51. The average Bonchev–Trinajstić information content (AvgIpc) is 2.86. The predicted molar refractivity (Wildman–Crippen MR) is 157 cm³/mol. The average molecular weight is 546 g/mol. The van der Waals surface area contributed by atoms with Crippen molar-refractivity contribution in [3.05, 3.63) is 34.8 Å². The highest BCUT2D eigenvalue weighted by molar-refractivity contribution is 6.03. The lowest BCUT2D eigenvalue weighted by atomic mass is 9.34. The van der Waals surface area contributed by atoms with Gasteiger partial charge in [0.15, 0.2) is 17.3 Å². The summed E-state index contributed by atoms with van der Waals surface area (Å²) >= 11 is 0. The molecule has 0 radical (unpaired) electrons. The normalized spacial score (nSPS) is 43.7. The summed E-state index contributed by atoms with van der Waals surface area (Å²) in [6.45, 7) is 24.9. The minimum absolute atomic E-state index is 0.0283. The third-order valence-electron chi connectivity index (χ3n) is 12.9. The van der Waals surface area contributed by atoms with Gasteiger partial charge < -0.3 is 10.5 Å². The minimum Gasteiger partial charge on any atom is -0.388 e. The molecule has 0 bridgehead atoms. The molecular formula is C34H47N3O3. The second-order valence-electron chi connectivity index (χ2n) is 15.8. The molecule has 40 heavy (non-hydrogen) atoms. The van der Waals surface area contributed by atoms with Gasteiger partial charge in [-0.05, 0) is 86.0 Å². The number of amidine groups is 1. The van der Waals surface area contributed by atoms with Crippen molar-refractivity contribution in [2.75, 3.05) is 6.54 Å². The smallest absolute Gasteiger partial charge is 0.226 e. The Morgan fingerprint density at radius 3 is 2.33 bits per heavy atom. The topological polar surface area (TPSA) is 93.9 Å². The third kappa shape index (κ3) is 3.64. The second kappa shape index (κ2) is 8.73. The van der Waals surface area contributed by atoms with Gasteiger partial charge in [0.2, 0.25) is 5.70 Å². The quantitative estimate of drug-likeness (QED) is 0.249. The van der Waals surface area contributed by atoms with E-state index >= 15 is 0 Å². The molecule has 6 nitrogen and oxygen atoms in total. The van der Waals surface area contributed by atoms with Crippen molar-refractivity contribution in [1.82, 2.24) is 0 Å². The Kier molecular flexibility index (Phi) is 6.32. The van der Waals surface area contributed by atoms with Crippen LogP contribution in [0.3, 0.4) is 0 Å². The standard InChI is InChI=1S/C34H47N3O3/c1-20(35)37-19-26(39)34-14-12-29(2,3)17-21(34)27-23(38)16-25-31(6)18-22(36-9)28(40)30(4,5)24(31)10-11-32(25,7)33(27,8)13-15-34/h16,18,21,24,27H,10-15,17,19H2,1-8H3,(H2,35,37)/t21-,24-,27-,31-,32+,33+,34-/m0/s1. The van der Waals surface area contributed by atoms with Crippen molar-refractivity contribution < 1.29 is 14.4 Å². The molecule has 0 spiro atoms. The summed E-state index contributed by atoms with van der Waals surface area (Å²) in [5, 5.41) is 0. The van der Waals surface area contributed by atoms with Crippen molar-refractivity contribution in [3.63, 3.8) is 0 Å². The number of nitrogens with two attached hydrogens (primary N) is 1. The zero-order chi connectivity index (χ0) is 29.7. The van der Waals surface area contributed by atoms with Crippen molar-refractivity contribution in [2.45, 2.75) is 100 Å². The van der Waals surface area contributed by atoms with Gasteiger partial charge in [-0.15, -0.1) is 0 Å². The Balaban J connectivity index is 1.67. The van der Waals surface area contributed by atoms with E-state index in [1.54, 1.807) is 6.92 Å². The van der Waals surface area contributed by atoms with Crippen LogP contribution in [-0.4, -0.2) is 29.7 Å². The van der Waals surface area contributed by atoms with Crippen LogP contribution < -0.4 is 5.73 Å². The Morgan fingerprint density at radius 2 is 1.70 bits per heavy atom. The first-order chi connectivity index (χ1) is 18.4. The van der Waals surface area contributed by atoms with E-state index in [1.165, 1.54) is 0 Å². The molecule has 5 aliphatic carbocycles. The lowest BCUT2D eigenvalue weighted by Crippen LogP contribution is -2.66. The molecule has 0 aromatic carbocycles. The molecule has 0 amide bonds. The van der Waals surface area contributed by atoms with E-state index in [1.807, 2.05) is 26.0 Å². The van der Waals surface area contributed by atoms with E-state index in [4.69, 9.17) is 12.3 Å². The van der Waals surface area contributed by atoms with Gasteiger partial charge in [0, 0.05) is 22.2 Å². The Labute approximate surface area is 240 Å². The fourth-order valence-electron chi connectivity index (χ4n) is 10.4. The van der Waals surface area contributed by atoms with Crippen LogP contribution in [0.1, 0.15) is 100 Å². The van der Waals surface area contributed by atoms with Crippen LogP contribution in [0.2, 0.25) is 0 Å². The monoisotopic (exact) mass is 545 g/mol. The summed E-state index contributed by atoms with van der Waals surface area (Å²) in [7, 11) is 0. The second-order valence-corrected chi connectivity index (χ2v) is 15.8. The molecule has 2 N–H and O–H groups in total.